The van der Waals surface area contributed by atoms with Crippen LogP contribution in [0.1, 0.15) is 24.6 Å². The molecule has 0 spiro atoms. The van der Waals surface area contributed by atoms with Crippen LogP contribution in [0.3, 0.4) is 0 Å². The highest BCUT2D eigenvalue weighted by Crippen LogP contribution is 2.32. The van der Waals surface area contributed by atoms with Crippen LogP contribution in [-0.2, 0) is 27.2 Å². The lowest BCUT2D eigenvalue weighted by Gasteiger charge is -2.38. The SMILES string of the molecule is CCC1COCCN1c1nc(-c2ccc(N(I)C(=O)NC3COC3)cc2)nc2c1COCC2. The normalized spacial score (nSPS) is 20.7. The Morgan fingerprint density at radius 1 is 1.15 bits per heavy atom. The summed E-state index contributed by atoms with van der Waals surface area (Å²) in [6.07, 6.45) is 1.77. The van der Waals surface area contributed by atoms with Gasteiger partial charge in [0, 0.05) is 24.1 Å². The first-order valence-electron chi connectivity index (χ1n) is 11.4. The summed E-state index contributed by atoms with van der Waals surface area (Å²) in [5.41, 5.74) is 3.87. The van der Waals surface area contributed by atoms with E-state index in [0.717, 1.165) is 47.7 Å². The molecule has 1 N–H and O–H groups in total. The quantitative estimate of drug-likeness (QED) is 0.441. The number of morpholine rings is 1. The first kappa shape index (κ1) is 22.8. The first-order valence-corrected chi connectivity index (χ1v) is 12.4. The summed E-state index contributed by atoms with van der Waals surface area (Å²) in [6, 6.07) is 8.03. The fourth-order valence-electron chi connectivity index (χ4n) is 4.26. The van der Waals surface area contributed by atoms with E-state index >= 15 is 0 Å². The van der Waals surface area contributed by atoms with Crippen LogP contribution in [0.4, 0.5) is 16.3 Å². The number of carbonyl (C=O) groups excluding carboxylic acids is 1. The lowest BCUT2D eigenvalue weighted by Crippen LogP contribution is -2.51. The lowest BCUT2D eigenvalue weighted by molar-refractivity contribution is 0.000614. The van der Waals surface area contributed by atoms with Gasteiger partial charge in [0.25, 0.3) is 0 Å². The van der Waals surface area contributed by atoms with Crippen LogP contribution in [-0.4, -0.2) is 67.7 Å². The molecule has 2 amide bonds. The molecule has 9 nitrogen and oxygen atoms in total. The van der Waals surface area contributed by atoms with Crippen LogP contribution in [0.15, 0.2) is 24.3 Å². The Labute approximate surface area is 207 Å². The van der Waals surface area contributed by atoms with E-state index in [-0.39, 0.29) is 12.1 Å². The Morgan fingerprint density at radius 2 is 1.97 bits per heavy atom. The second kappa shape index (κ2) is 10.1. The summed E-state index contributed by atoms with van der Waals surface area (Å²) >= 11 is 2.02. The number of aromatic nitrogens is 2. The zero-order chi connectivity index (χ0) is 22.8. The van der Waals surface area contributed by atoms with Gasteiger partial charge in [-0.15, -0.1) is 0 Å². The maximum Gasteiger partial charge on any atom is 0.331 e. The van der Waals surface area contributed by atoms with Gasteiger partial charge >= 0.3 is 6.03 Å². The highest BCUT2D eigenvalue weighted by Gasteiger charge is 2.29. The molecule has 2 fully saturated rings. The summed E-state index contributed by atoms with van der Waals surface area (Å²) < 4.78 is 18.2. The Kier molecular flexibility index (Phi) is 6.95. The van der Waals surface area contributed by atoms with E-state index in [1.54, 1.807) is 3.11 Å². The van der Waals surface area contributed by atoms with Crippen LogP contribution in [0, 0.1) is 0 Å². The Hall–Kier alpha value is -2.02. The van der Waals surface area contributed by atoms with Crippen LogP contribution >= 0.6 is 22.9 Å². The summed E-state index contributed by atoms with van der Waals surface area (Å²) in [5, 5.41) is 2.95. The van der Waals surface area contributed by atoms with Crippen molar-refractivity contribution in [1.82, 2.24) is 15.3 Å². The Bertz CT molecular complexity index is 1000. The molecule has 1 aromatic carbocycles. The molecular weight excluding hydrogens is 537 g/mol. The molecule has 1 aromatic heterocycles. The number of carbonyl (C=O) groups is 1. The number of rotatable bonds is 5. The maximum absolute atomic E-state index is 12.4. The number of hydrogen-bond acceptors (Lipinski definition) is 7. The molecule has 3 aliphatic heterocycles. The van der Waals surface area contributed by atoms with E-state index in [2.05, 4.69) is 17.1 Å². The van der Waals surface area contributed by atoms with Crippen molar-refractivity contribution >= 4 is 40.4 Å². The van der Waals surface area contributed by atoms with Crippen LogP contribution in [0.5, 0.6) is 0 Å². The van der Waals surface area contributed by atoms with Gasteiger partial charge in [0.2, 0.25) is 0 Å². The van der Waals surface area contributed by atoms with Crippen molar-refractivity contribution in [2.75, 3.05) is 47.6 Å². The van der Waals surface area contributed by atoms with Crippen molar-refractivity contribution < 1.29 is 19.0 Å². The molecule has 33 heavy (non-hydrogen) atoms. The van der Waals surface area contributed by atoms with E-state index in [0.29, 0.717) is 51.5 Å². The van der Waals surface area contributed by atoms with Crippen LogP contribution < -0.4 is 13.3 Å². The molecule has 2 aromatic rings. The number of benzene rings is 1. The molecule has 3 aliphatic rings. The topological polar surface area (TPSA) is 89.1 Å². The monoisotopic (exact) mass is 565 g/mol. The highest BCUT2D eigenvalue weighted by atomic mass is 127. The average Bonchev–Trinajstić information content (AvgIpc) is 2.85. The van der Waals surface area contributed by atoms with Gasteiger partial charge in [0.1, 0.15) is 5.82 Å². The number of hydrogen-bond donors (Lipinski definition) is 1. The van der Waals surface area contributed by atoms with E-state index < -0.39 is 0 Å². The maximum atomic E-state index is 12.4. The summed E-state index contributed by atoms with van der Waals surface area (Å²) in [4.78, 5) is 24.7. The molecule has 0 bridgehead atoms. The number of nitrogens with one attached hydrogen (secondary N) is 1. The van der Waals surface area contributed by atoms with Gasteiger partial charge < -0.3 is 24.4 Å². The van der Waals surface area contributed by atoms with Crippen molar-refractivity contribution in [2.45, 2.75) is 38.5 Å². The fraction of sp³-hybridized carbons (Fsp3) is 0.522. The third-order valence-electron chi connectivity index (χ3n) is 6.27. The van der Waals surface area contributed by atoms with E-state index in [1.807, 2.05) is 47.1 Å². The second-order valence-corrected chi connectivity index (χ2v) is 9.41. The Morgan fingerprint density at radius 3 is 2.70 bits per heavy atom. The minimum Gasteiger partial charge on any atom is -0.377 e. The van der Waals surface area contributed by atoms with Gasteiger partial charge in [-0.2, -0.15) is 0 Å². The molecule has 176 valence electrons. The molecule has 0 radical (unpaired) electrons. The number of ether oxygens (including phenoxy) is 3. The number of nitrogens with zero attached hydrogens (tertiary/aromatic N) is 4. The number of urea groups is 1. The predicted molar refractivity (Wildman–Crippen MR) is 133 cm³/mol. The molecule has 10 heteroatoms. The third kappa shape index (κ3) is 4.79. The van der Waals surface area contributed by atoms with E-state index in [4.69, 9.17) is 24.2 Å². The molecular formula is C23H28IN5O4. The largest absolute Gasteiger partial charge is 0.377 e. The van der Waals surface area contributed by atoms with Crippen molar-refractivity contribution in [2.24, 2.45) is 0 Å². The zero-order valence-corrected chi connectivity index (χ0v) is 20.8. The number of halogens is 1. The molecule has 1 unspecified atom stereocenters. The van der Waals surface area contributed by atoms with Crippen molar-refractivity contribution in [3.05, 3.63) is 35.5 Å². The fourth-order valence-corrected chi connectivity index (χ4v) is 4.72. The standard InChI is InChI=1S/C23H28IN5O4/c1-2-17-13-32-10-8-28(17)22-19-14-31-9-7-20(19)26-21(27-22)15-3-5-18(6-4-15)29(24)23(30)25-16-11-33-12-16/h3-6,16-17H,2,7-14H2,1H3,(H,25,30). The van der Waals surface area contributed by atoms with Gasteiger partial charge in [0.15, 0.2) is 5.82 Å². The predicted octanol–water partition coefficient (Wildman–Crippen LogP) is 3.10. The molecule has 4 heterocycles. The molecule has 5 rings (SSSR count). The van der Waals surface area contributed by atoms with Gasteiger partial charge in [-0.3, -0.25) is 0 Å². The molecule has 1 atom stereocenters. The lowest BCUT2D eigenvalue weighted by atomic mass is 10.1. The number of anilines is 2. The summed E-state index contributed by atoms with van der Waals surface area (Å²) in [5.74, 6) is 1.67. The molecule has 2 saturated heterocycles. The van der Waals surface area contributed by atoms with Gasteiger partial charge in [-0.25, -0.2) is 17.9 Å². The second-order valence-electron chi connectivity index (χ2n) is 8.44. The average molecular weight is 565 g/mol. The van der Waals surface area contributed by atoms with Crippen molar-refractivity contribution in [3.8, 4) is 11.4 Å². The highest BCUT2D eigenvalue weighted by molar-refractivity contribution is 14.1. The minimum absolute atomic E-state index is 0.0902. The summed E-state index contributed by atoms with van der Waals surface area (Å²) in [7, 11) is 0. The van der Waals surface area contributed by atoms with Crippen molar-refractivity contribution in [3.63, 3.8) is 0 Å². The van der Waals surface area contributed by atoms with Crippen LogP contribution in [0.2, 0.25) is 0 Å². The van der Waals surface area contributed by atoms with Gasteiger partial charge in [0.05, 0.1) is 86.0 Å². The third-order valence-corrected chi connectivity index (χ3v) is 7.26. The number of fused-ring (bicyclic) bond motifs is 1. The van der Waals surface area contributed by atoms with Gasteiger partial charge in [-0.05, 0) is 30.7 Å². The van der Waals surface area contributed by atoms with Gasteiger partial charge in [-0.1, -0.05) is 6.92 Å². The number of amides is 2. The molecule has 0 aliphatic carbocycles. The van der Waals surface area contributed by atoms with Crippen LogP contribution in [0.25, 0.3) is 11.4 Å². The smallest absolute Gasteiger partial charge is 0.331 e. The molecule has 0 saturated carbocycles. The van der Waals surface area contributed by atoms with E-state index in [9.17, 15) is 4.79 Å². The Balaban J connectivity index is 1.42. The summed E-state index contributed by atoms with van der Waals surface area (Å²) in [6.45, 7) is 6.75. The first-order chi connectivity index (χ1) is 16.1. The zero-order valence-electron chi connectivity index (χ0n) is 18.6. The van der Waals surface area contributed by atoms with Crippen molar-refractivity contribution in [1.29, 1.82) is 0 Å². The van der Waals surface area contributed by atoms with E-state index in [1.165, 1.54) is 0 Å². The minimum atomic E-state index is -0.151.